The van der Waals surface area contributed by atoms with Gasteiger partial charge in [0.05, 0.1) is 11.2 Å². The molecule has 106 valence electrons. The van der Waals surface area contributed by atoms with Crippen LogP contribution in [0.2, 0.25) is 0 Å². The Kier molecular flexibility index (Phi) is 3.38. The van der Waals surface area contributed by atoms with E-state index in [1.165, 1.54) is 17.5 Å². The number of rotatable bonds is 3. The summed E-state index contributed by atoms with van der Waals surface area (Å²) in [5, 5.41) is 4.47. The first kappa shape index (κ1) is 13.4. The fraction of sp³-hybridized carbons (Fsp3) is 0.471. The molecule has 0 radical (unpaired) electrons. The van der Waals surface area contributed by atoms with E-state index in [1.54, 1.807) is 0 Å². The van der Waals surface area contributed by atoms with Gasteiger partial charge in [0.15, 0.2) is 0 Å². The van der Waals surface area contributed by atoms with E-state index in [-0.39, 0.29) is 0 Å². The SMILES string of the molecule is CNCc1cc(N2CCC(C)(C)C2)c2ccccc2n1. The molecule has 0 bridgehead atoms. The van der Waals surface area contributed by atoms with Crippen LogP contribution in [-0.4, -0.2) is 25.1 Å². The number of benzene rings is 1. The molecule has 3 rings (SSSR count). The van der Waals surface area contributed by atoms with E-state index in [2.05, 4.69) is 54.4 Å². The topological polar surface area (TPSA) is 28.2 Å². The molecule has 1 fully saturated rings. The van der Waals surface area contributed by atoms with Crippen LogP contribution in [0.1, 0.15) is 26.0 Å². The number of fused-ring (bicyclic) bond motifs is 1. The average Bonchev–Trinajstić information content (AvgIpc) is 2.78. The van der Waals surface area contributed by atoms with Crippen molar-refractivity contribution < 1.29 is 0 Å². The molecule has 3 heteroatoms. The first-order chi connectivity index (χ1) is 9.59. The molecular weight excluding hydrogens is 246 g/mol. The van der Waals surface area contributed by atoms with Gasteiger partial charge in [0.2, 0.25) is 0 Å². The highest BCUT2D eigenvalue weighted by molar-refractivity contribution is 5.92. The molecule has 1 N–H and O–H groups in total. The number of hydrogen-bond acceptors (Lipinski definition) is 3. The molecule has 0 saturated carbocycles. The maximum Gasteiger partial charge on any atom is 0.0726 e. The van der Waals surface area contributed by atoms with Crippen molar-refractivity contribution in [3.05, 3.63) is 36.0 Å². The lowest BCUT2D eigenvalue weighted by Crippen LogP contribution is -2.23. The van der Waals surface area contributed by atoms with Gasteiger partial charge in [-0.25, -0.2) is 0 Å². The predicted octanol–water partition coefficient (Wildman–Crippen LogP) is 3.19. The number of nitrogens with zero attached hydrogens (tertiary/aromatic N) is 2. The molecule has 1 saturated heterocycles. The molecule has 3 nitrogen and oxygen atoms in total. The quantitative estimate of drug-likeness (QED) is 0.927. The lowest BCUT2D eigenvalue weighted by molar-refractivity contribution is 0.418. The molecule has 20 heavy (non-hydrogen) atoms. The van der Waals surface area contributed by atoms with E-state index >= 15 is 0 Å². The van der Waals surface area contributed by atoms with Crippen LogP contribution in [0.4, 0.5) is 5.69 Å². The van der Waals surface area contributed by atoms with Crippen molar-refractivity contribution >= 4 is 16.6 Å². The standard InChI is InChI=1S/C17H23N3/c1-17(2)8-9-20(12-17)16-10-13(11-18-3)19-15-7-5-4-6-14(15)16/h4-7,10,18H,8-9,11-12H2,1-3H3. The van der Waals surface area contributed by atoms with Gasteiger partial charge in [-0.3, -0.25) is 4.98 Å². The van der Waals surface area contributed by atoms with Gasteiger partial charge in [0.25, 0.3) is 0 Å². The summed E-state index contributed by atoms with van der Waals surface area (Å²) in [5.41, 5.74) is 3.96. The van der Waals surface area contributed by atoms with E-state index in [0.29, 0.717) is 5.41 Å². The summed E-state index contributed by atoms with van der Waals surface area (Å²) >= 11 is 0. The first-order valence-corrected chi connectivity index (χ1v) is 7.37. The predicted molar refractivity (Wildman–Crippen MR) is 85.1 cm³/mol. The normalized spacial score (nSPS) is 17.9. The third-order valence-corrected chi connectivity index (χ3v) is 4.12. The van der Waals surface area contributed by atoms with E-state index in [1.807, 2.05) is 7.05 Å². The van der Waals surface area contributed by atoms with E-state index < -0.39 is 0 Å². The zero-order chi connectivity index (χ0) is 14.2. The minimum absolute atomic E-state index is 0.410. The second-order valence-electron chi connectivity index (χ2n) is 6.52. The van der Waals surface area contributed by atoms with Crippen molar-refractivity contribution in [2.75, 3.05) is 25.0 Å². The number of pyridine rings is 1. The molecule has 0 atom stereocenters. The van der Waals surface area contributed by atoms with E-state index in [0.717, 1.165) is 30.8 Å². The molecule has 0 spiro atoms. The highest BCUT2D eigenvalue weighted by Gasteiger charge is 2.30. The Morgan fingerprint density at radius 2 is 2.10 bits per heavy atom. The molecule has 2 aromatic rings. The monoisotopic (exact) mass is 269 g/mol. The molecule has 0 aliphatic carbocycles. The van der Waals surface area contributed by atoms with Crippen LogP contribution < -0.4 is 10.2 Å². The Labute approximate surface area is 121 Å². The van der Waals surface area contributed by atoms with Crippen molar-refractivity contribution in [2.24, 2.45) is 5.41 Å². The molecule has 1 aliphatic rings. The highest BCUT2D eigenvalue weighted by atomic mass is 15.2. The van der Waals surface area contributed by atoms with E-state index in [4.69, 9.17) is 4.98 Å². The van der Waals surface area contributed by atoms with Gasteiger partial charge in [-0.05, 0) is 31.0 Å². The van der Waals surface area contributed by atoms with Crippen LogP contribution in [-0.2, 0) is 6.54 Å². The zero-order valence-corrected chi connectivity index (χ0v) is 12.6. The van der Waals surface area contributed by atoms with Gasteiger partial charge < -0.3 is 10.2 Å². The summed E-state index contributed by atoms with van der Waals surface area (Å²) in [7, 11) is 1.97. The van der Waals surface area contributed by atoms with Crippen LogP contribution in [0.25, 0.3) is 10.9 Å². The second-order valence-corrected chi connectivity index (χ2v) is 6.52. The number of nitrogens with one attached hydrogen (secondary N) is 1. The number of hydrogen-bond donors (Lipinski definition) is 1. The fourth-order valence-corrected chi connectivity index (χ4v) is 3.06. The van der Waals surface area contributed by atoms with Crippen molar-refractivity contribution in [3.8, 4) is 0 Å². The fourth-order valence-electron chi connectivity index (χ4n) is 3.06. The lowest BCUT2D eigenvalue weighted by Gasteiger charge is -2.23. The van der Waals surface area contributed by atoms with Crippen molar-refractivity contribution in [1.29, 1.82) is 0 Å². The summed E-state index contributed by atoms with van der Waals surface area (Å²) in [6.45, 7) is 7.78. The van der Waals surface area contributed by atoms with Crippen LogP contribution >= 0.6 is 0 Å². The number of para-hydroxylation sites is 1. The summed E-state index contributed by atoms with van der Waals surface area (Å²) < 4.78 is 0. The molecular formula is C17H23N3. The summed E-state index contributed by atoms with van der Waals surface area (Å²) in [5.74, 6) is 0. The smallest absolute Gasteiger partial charge is 0.0726 e. The Balaban J connectivity index is 2.08. The maximum absolute atomic E-state index is 4.74. The highest BCUT2D eigenvalue weighted by Crippen LogP contribution is 2.35. The second kappa shape index (κ2) is 5.06. The van der Waals surface area contributed by atoms with Gasteiger partial charge in [0, 0.05) is 30.7 Å². The Bertz CT molecular complexity index is 619. The number of aromatic nitrogens is 1. The third-order valence-electron chi connectivity index (χ3n) is 4.12. The summed E-state index contributed by atoms with van der Waals surface area (Å²) in [6.07, 6.45) is 1.25. The molecule has 1 aromatic heterocycles. The van der Waals surface area contributed by atoms with Gasteiger partial charge in [-0.1, -0.05) is 32.0 Å². The van der Waals surface area contributed by atoms with Gasteiger partial charge in [-0.2, -0.15) is 0 Å². The Morgan fingerprint density at radius 3 is 2.80 bits per heavy atom. The summed E-state index contributed by atoms with van der Waals surface area (Å²) in [4.78, 5) is 7.26. The Hall–Kier alpha value is -1.61. The van der Waals surface area contributed by atoms with Crippen molar-refractivity contribution in [3.63, 3.8) is 0 Å². The van der Waals surface area contributed by atoms with Gasteiger partial charge in [0.1, 0.15) is 0 Å². The van der Waals surface area contributed by atoms with Gasteiger partial charge >= 0.3 is 0 Å². The Morgan fingerprint density at radius 1 is 1.30 bits per heavy atom. The number of anilines is 1. The zero-order valence-electron chi connectivity index (χ0n) is 12.6. The van der Waals surface area contributed by atoms with Gasteiger partial charge in [-0.15, -0.1) is 0 Å². The summed E-state index contributed by atoms with van der Waals surface area (Å²) in [6, 6.07) is 10.7. The van der Waals surface area contributed by atoms with Crippen molar-refractivity contribution in [2.45, 2.75) is 26.8 Å². The molecule has 1 aromatic carbocycles. The lowest BCUT2D eigenvalue weighted by atomic mass is 9.93. The largest absolute Gasteiger partial charge is 0.370 e. The average molecular weight is 269 g/mol. The minimum Gasteiger partial charge on any atom is -0.370 e. The van der Waals surface area contributed by atoms with Crippen LogP contribution in [0.5, 0.6) is 0 Å². The van der Waals surface area contributed by atoms with Crippen LogP contribution in [0.15, 0.2) is 30.3 Å². The molecule has 0 amide bonds. The third kappa shape index (κ3) is 2.50. The molecule has 1 aliphatic heterocycles. The van der Waals surface area contributed by atoms with Crippen LogP contribution in [0, 0.1) is 5.41 Å². The molecule has 0 unspecified atom stereocenters. The van der Waals surface area contributed by atoms with Crippen molar-refractivity contribution in [1.82, 2.24) is 10.3 Å². The van der Waals surface area contributed by atoms with E-state index in [9.17, 15) is 0 Å². The maximum atomic E-state index is 4.74. The van der Waals surface area contributed by atoms with Crippen LogP contribution in [0.3, 0.4) is 0 Å². The first-order valence-electron chi connectivity index (χ1n) is 7.37. The minimum atomic E-state index is 0.410. The molecule has 2 heterocycles.